The number of nitrogens with one attached hydrogen (secondary N) is 1. The van der Waals surface area contributed by atoms with Crippen LogP contribution in [0.25, 0.3) is 11.5 Å². The number of nitrogens with zero attached hydrogens (tertiary/aromatic N) is 2. The van der Waals surface area contributed by atoms with E-state index in [2.05, 4.69) is 15.5 Å². The third-order valence-electron chi connectivity index (χ3n) is 3.63. The van der Waals surface area contributed by atoms with E-state index in [0.29, 0.717) is 30.3 Å². The zero-order chi connectivity index (χ0) is 15.5. The number of carbonyl (C=O) groups is 1. The van der Waals surface area contributed by atoms with Gasteiger partial charge in [0, 0.05) is 23.6 Å². The molecule has 0 radical (unpaired) electrons. The fourth-order valence-corrected chi connectivity index (χ4v) is 2.12. The molecule has 3 rings (SSSR count). The molecule has 2 aromatic rings. The Bertz CT molecular complexity index is 645. The molecule has 1 aliphatic carbocycles. The Morgan fingerprint density at radius 3 is 2.77 bits per heavy atom. The maximum Gasteiger partial charge on any atom is 0.257 e. The van der Waals surface area contributed by atoms with E-state index in [4.69, 9.17) is 9.63 Å². The van der Waals surface area contributed by atoms with Crippen LogP contribution in [0.1, 0.15) is 48.3 Å². The molecule has 1 aromatic heterocycles. The van der Waals surface area contributed by atoms with Crippen molar-refractivity contribution in [3.05, 3.63) is 35.7 Å². The van der Waals surface area contributed by atoms with Crippen LogP contribution in [0, 0.1) is 0 Å². The molecule has 1 aliphatic rings. The van der Waals surface area contributed by atoms with Crippen molar-refractivity contribution in [2.24, 2.45) is 0 Å². The lowest BCUT2D eigenvalue weighted by Crippen LogP contribution is -2.26. The van der Waals surface area contributed by atoms with Crippen molar-refractivity contribution in [2.75, 3.05) is 6.54 Å². The number of hydrogen-bond acceptors (Lipinski definition) is 5. The SMILES string of the molecule is CC(O)CCNC(=O)c1ccc(-c2nc(C3CC3)no2)cc1. The summed E-state index contributed by atoms with van der Waals surface area (Å²) in [5.74, 6) is 1.56. The first-order valence-corrected chi connectivity index (χ1v) is 7.54. The second kappa shape index (κ2) is 6.27. The third kappa shape index (κ3) is 3.51. The Morgan fingerprint density at radius 1 is 1.41 bits per heavy atom. The lowest BCUT2D eigenvalue weighted by atomic mass is 10.1. The zero-order valence-corrected chi connectivity index (χ0v) is 12.5. The minimum atomic E-state index is -0.416. The standard InChI is InChI=1S/C16H19N3O3/c1-10(20)8-9-17-15(21)12-4-6-13(7-5-12)16-18-14(19-22-16)11-2-3-11/h4-7,10-11,20H,2-3,8-9H2,1H3,(H,17,21). The van der Waals surface area contributed by atoms with Crippen LogP contribution in [0.5, 0.6) is 0 Å². The quantitative estimate of drug-likeness (QED) is 0.853. The van der Waals surface area contributed by atoms with Gasteiger partial charge >= 0.3 is 0 Å². The first-order valence-electron chi connectivity index (χ1n) is 7.54. The smallest absolute Gasteiger partial charge is 0.257 e. The van der Waals surface area contributed by atoms with Gasteiger partial charge in [0.1, 0.15) is 0 Å². The Balaban J connectivity index is 1.62. The summed E-state index contributed by atoms with van der Waals surface area (Å²) in [6.45, 7) is 2.15. The summed E-state index contributed by atoms with van der Waals surface area (Å²) < 4.78 is 5.25. The lowest BCUT2D eigenvalue weighted by molar-refractivity contribution is 0.0945. The summed E-state index contributed by atoms with van der Waals surface area (Å²) in [4.78, 5) is 16.3. The second-order valence-corrected chi connectivity index (χ2v) is 5.70. The van der Waals surface area contributed by atoms with Gasteiger partial charge in [-0.2, -0.15) is 4.98 Å². The number of benzene rings is 1. The minimum absolute atomic E-state index is 0.156. The van der Waals surface area contributed by atoms with Gasteiger partial charge in [0.25, 0.3) is 11.8 Å². The Morgan fingerprint density at radius 2 is 2.14 bits per heavy atom. The van der Waals surface area contributed by atoms with Gasteiger partial charge in [0.15, 0.2) is 5.82 Å². The summed E-state index contributed by atoms with van der Waals surface area (Å²) in [5.41, 5.74) is 1.37. The van der Waals surface area contributed by atoms with E-state index >= 15 is 0 Å². The van der Waals surface area contributed by atoms with Crippen molar-refractivity contribution in [2.45, 2.75) is 38.2 Å². The summed E-state index contributed by atoms with van der Waals surface area (Å²) in [6, 6.07) is 7.06. The van der Waals surface area contributed by atoms with Gasteiger partial charge in [-0.1, -0.05) is 5.16 Å². The highest BCUT2D eigenvalue weighted by molar-refractivity contribution is 5.94. The van der Waals surface area contributed by atoms with E-state index in [9.17, 15) is 4.79 Å². The summed E-state index contributed by atoms with van der Waals surface area (Å²) in [5, 5.41) is 15.9. The number of hydrogen-bond donors (Lipinski definition) is 2. The molecule has 0 saturated heterocycles. The van der Waals surface area contributed by atoms with Gasteiger partial charge in [-0.15, -0.1) is 0 Å². The molecule has 0 spiro atoms. The van der Waals surface area contributed by atoms with Crippen LogP contribution < -0.4 is 5.32 Å². The first kappa shape index (κ1) is 14.7. The van der Waals surface area contributed by atoms with Crippen LogP contribution in [0.15, 0.2) is 28.8 Å². The van der Waals surface area contributed by atoms with Gasteiger partial charge in [-0.25, -0.2) is 0 Å². The highest BCUT2D eigenvalue weighted by Crippen LogP contribution is 2.38. The highest BCUT2D eigenvalue weighted by atomic mass is 16.5. The van der Waals surface area contributed by atoms with Crippen molar-refractivity contribution < 1.29 is 14.4 Å². The molecule has 6 heteroatoms. The average molecular weight is 301 g/mol. The van der Waals surface area contributed by atoms with E-state index in [1.807, 2.05) is 0 Å². The second-order valence-electron chi connectivity index (χ2n) is 5.70. The van der Waals surface area contributed by atoms with E-state index in [0.717, 1.165) is 24.2 Å². The number of amides is 1. The van der Waals surface area contributed by atoms with Crippen molar-refractivity contribution in [3.63, 3.8) is 0 Å². The Labute approximate surface area is 128 Å². The summed E-state index contributed by atoms with van der Waals surface area (Å²) >= 11 is 0. The predicted octanol–water partition coefficient (Wildman–Crippen LogP) is 2.11. The lowest BCUT2D eigenvalue weighted by Gasteiger charge is -2.06. The fourth-order valence-electron chi connectivity index (χ4n) is 2.12. The molecule has 22 heavy (non-hydrogen) atoms. The van der Waals surface area contributed by atoms with Crippen LogP contribution in [0.2, 0.25) is 0 Å². The average Bonchev–Trinajstić information content (AvgIpc) is 3.24. The largest absolute Gasteiger partial charge is 0.393 e. The Hall–Kier alpha value is -2.21. The van der Waals surface area contributed by atoms with E-state index in [1.165, 1.54) is 0 Å². The highest BCUT2D eigenvalue weighted by Gasteiger charge is 2.28. The van der Waals surface area contributed by atoms with Crippen LogP contribution in [-0.4, -0.2) is 33.8 Å². The molecule has 1 heterocycles. The molecule has 1 fully saturated rings. The van der Waals surface area contributed by atoms with E-state index < -0.39 is 6.10 Å². The topological polar surface area (TPSA) is 88.2 Å². The van der Waals surface area contributed by atoms with Crippen LogP contribution >= 0.6 is 0 Å². The maximum atomic E-state index is 11.9. The van der Waals surface area contributed by atoms with Gasteiger partial charge in [-0.3, -0.25) is 4.79 Å². The number of aliphatic hydroxyl groups excluding tert-OH is 1. The number of aromatic nitrogens is 2. The molecule has 1 unspecified atom stereocenters. The molecule has 1 atom stereocenters. The predicted molar refractivity (Wildman–Crippen MR) is 80.3 cm³/mol. The van der Waals surface area contributed by atoms with Crippen LogP contribution in [0.3, 0.4) is 0 Å². The number of rotatable bonds is 6. The van der Waals surface area contributed by atoms with Gasteiger partial charge < -0.3 is 14.9 Å². The van der Waals surface area contributed by atoms with Crippen molar-refractivity contribution in [3.8, 4) is 11.5 Å². The van der Waals surface area contributed by atoms with Crippen molar-refractivity contribution >= 4 is 5.91 Å². The molecule has 1 amide bonds. The molecule has 2 N–H and O–H groups in total. The van der Waals surface area contributed by atoms with Gasteiger partial charge in [0.2, 0.25) is 0 Å². The summed E-state index contributed by atoms with van der Waals surface area (Å²) in [7, 11) is 0. The zero-order valence-electron chi connectivity index (χ0n) is 12.5. The first-order chi connectivity index (χ1) is 10.6. The molecule has 0 bridgehead atoms. The molecular weight excluding hydrogens is 282 g/mol. The molecule has 6 nitrogen and oxygen atoms in total. The number of carbonyl (C=O) groups excluding carboxylic acids is 1. The third-order valence-corrected chi connectivity index (χ3v) is 3.63. The van der Waals surface area contributed by atoms with Crippen molar-refractivity contribution in [1.29, 1.82) is 0 Å². The minimum Gasteiger partial charge on any atom is -0.393 e. The van der Waals surface area contributed by atoms with Gasteiger partial charge in [-0.05, 0) is 50.5 Å². The summed E-state index contributed by atoms with van der Waals surface area (Å²) in [6.07, 6.45) is 2.38. The monoisotopic (exact) mass is 301 g/mol. The molecule has 1 aromatic carbocycles. The van der Waals surface area contributed by atoms with Crippen LogP contribution in [-0.2, 0) is 0 Å². The van der Waals surface area contributed by atoms with Gasteiger partial charge in [0.05, 0.1) is 6.10 Å². The maximum absolute atomic E-state index is 11.9. The van der Waals surface area contributed by atoms with Crippen molar-refractivity contribution in [1.82, 2.24) is 15.5 Å². The fraction of sp³-hybridized carbons (Fsp3) is 0.438. The van der Waals surface area contributed by atoms with E-state index in [-0.39, 0.29) is 5.91 Å². The Kier molecular flexibility index (Phi) is 4.20. The molecule has 0 aliphatic heterocycles. The van der Waals surface area contributed by atoms with Crippen LogP contribution in [0.4, 0.5) is 0 Å². The molecular formula is C16H19N3O3. The molecule has 116 valence electrons. The van der Waals surface area contributed by atoms with E-state index in [1.54, 1.807) is 31.2 Å². The number of aliphatic hydroxyl groups is 1. The molecule has 1 saturated carbocycles. The normalized spacial score (nSPS) is 15.5.